The van der Waals surface area contributed by atoms with E-state index in [1.54, 1.807) is 23.5 Å². The van der Waals surface area contributed by atoms with E-state index in [2.05, 4.69) is 10.6 Å². The minimum absolute atomic E-state index is 0.100. The van der Waals surface area contributed by atoms with E-state index in [1.165, 1.54) is 4.88 Å². The van der Waals surface area contributed by atoms with Crippen LogP contribution in [-0.2, 0) is 4.79 Å². The lowest BCUT2D eigenvalue weighted by atomic mass is 10.2. The first-order valence-electron chi connectivity index (χ1n) is 5.98. The van der Waals surface area contributed by atoms with Crippen molar-refractivity contribution >= 4 is 34.5 Å². The number of nitrogens with one attached hydrogen (secondary N) is 2. The molecule has 1 aromatic carbocycles. The van der Waals surface area contributed by atoms with Gasteiger partial charge in [-0.3, -0.25) is 4.79 Å². The normalized spacial score (nSPS) is 12.1. The first-order valence-corrected chi connectivity index (χ1v) is 7.24. The lowest BCUT2D eigenvalue weighted by Crippen LogP contribution is -2.29. The Kier molecular flexibility index (Phi) is 4.96. The van der Waals surface area contributed by atoms with Gasteiger partial charge in [0, 0.05) is 10.9 Å². The van der Waals surface area contributed by atoms with Crippen LogP contribution in [0.3, 0.4) is 0 Å². The molecule has 2 rings (SSSR count). The number of thiophene rings is 1. The van der Waals surface area contributed by atoms with Gasteiger partial charge < -0.3 is 10.6 Å². The summed E-state index contributed by atoms with van der Waals surface area (Å²) in [7, 11) is 0. The zero-order valence-electron chi connectivity index (χ0n) is 10.5. The molecule has 2 N–H and O–H groups in total. The molecule has 2 aromatic rings. The molecule has 1 atom stereocenters. The highest BCUT2D eigenvalue weighted by molar-refractivity contribution is 7.10. The molecule has 0 bridgehead atoms. The average molecular weight is 295 g/mol. The Balaban J connectivity index is 1.84. The molecule has 0 radical (unpaired) electrons. The minimum Gasteiger partial charge on any atom is -0.324 e. The predicted molar refractivity (Wildman–Crippen MR) is 80.8 cm³/mol. The summed E-state index contributed by atoms with van der Waals surface area (Å²) in [4.78, 5) is 13.0. The number of benzene rings is 1. The number of halogens is 1. The van der Waals surface area contributed by atoms with E-state index in [1.807, 2.05) is 36.6 Å². The van der Waals surface area contributed by atoms with Gasteiger partial charge in [-0.1, -0.05) is 29.8 Å². The summed E-state index contributed by atoms with van der Waals surface area (Å²) in [6, 6.07) is 11.4. The van der Waals surface area contributed by atoms with Gasteiger partial charge in [0.15, 0.2) is 0 Å². The fraction of sp³-hybridized carbons (Fsp3) is 0.214. The number of anilines is 1. The summed E-state index contributed by atoms with van der Waals surface area (Å²) in [5, 5.41) is 8.53. The quantitative estimate of drug-likeness (QED) is 0.883. The number of hydrogen-bond acceptors (Lipinski definition) is 3. The molecule has 0 aliphatic carbocycles. The molecule has 1 aromatic heterocycles. The number of carbonyl (C=O) groups is 1. The maximum Gasteiger partial charge on any atom is 0.238 e. The smallest absolute Gasteiger partial charge is 0.238 e. The van der Waals surface area contributed by atoms with E-state index in [-0.39, 0.29) is 18.5 Å². The summed E-state index contributed by atoms with van der Waals surface area (Å²) < 4.78 is 0. The molecule has 0 fully saturated rings. The standard InChI is InChI=1S/C14H15ClN2OS/c1-10(13-7-4-8-19-13)16-9-14(18)17-12-6-3-2-5-11(12)15/h2-8,10,16H,9H2,1H3,(H,17,18)/t10-/m1/s1. The van der Waals surface area contributed by atoms with Crippen molar-refractivity contribution in [2.75, 3.05) is 11.9 Å². The van der Waals surface area contributed by atoms with Gasteiger partial charge >= 0.3 is 0 Å². The lowest BCUT2D eigenvalue weighted by Gasteiger charge is -2.12. The number of hydrogen-bond donors (Lipinski definition) is 2. The molecule has 1 amide bonds. The van der Waals surface area contributed by atoms with Gasteiger partial charge in [0.1, 0.15) is 0 Å². The highest BCUT2D eigenvalue weighted by Gasteiger charge is 2.09. The second kappa shape index (κ2) is 6.70. The third kappa shape index (κ3) is 4.06. The maximum absolute atomic E-state index is 11.8. The van der Waals surface area contributed by atoms with Gasteiger partial charge in [0.25, 0.3) is 0 Å². The van der Waals surface area contributed by atoms with Crippen LogP contribution in [0.25, 0.3) is 0 Å². The molecule has 0 saturated carbocycles. The van der Waals surface area contributed by atoms with E-state index in [4.69, 9.17) is 11.6 Å². The topological polar surface area (TPSA) is 41.1 Å². The summed E-state index contributed by atoms with van der Waals surface area (Å²) in [5.74, 6) is -0.100. The number of para-hydroxylation sites is 1. The van der Waals surface area contributed by atoms with Gasteiger partial charge in [-0.05, 0) is 30.5 Å². The molecular formula is C14H15ClN2OS. The molecule has 19 heavy (non-hydrogen) atoms. The second-order valence-corrected chi connectivity index (χ2v) is 5.53. The number of rotatable bonds is 5. The Morgan fingerprint density at radius 1 is 1.32 bits per heavy atom. The summed E-state index contributed by atoms with van der Waals surface area (Å²) in [5.41, 5.74) is 0.639. The molecule has 0 saturated heterocycles. The van der Waals surface area contributed by atoms with E-state index in [0.29, 0.717) is 10.7 Å². The average Bonchev–Trinajstić information content (AvgIpc) is 2.93. The van der Waals surface area contributed by atoms with Gasteiger partial charge in [-0.25, -0.2) is 0 Å². The Bertz CT molecular complexity index is 542. The molecule has 1 heterocycles. The second-order valence-electron chi connectivity index (χ2n) is 4.15. The van der Waals surface area contributed by atoms with Gasteiger partial charge in [0.2, 0.25) is 5.91 Å². The maximum atomic E-state index is 11.8. The van der Waals surface area contributed by atoms with Crippen molar-refractivity contribution in [2.45, 2.75) is 13.0 Å². The largest absolute Gasteiger partial charge is 0.324 e. The monoisotopic (exact) mass is 294 g/mol. The van der Waals surface area contributed by atoms with Crippen LogP contribution in [-0.4, -0.2) is 12.5 Å². The highest BCUT2D eigenvalue weighted by Crippen LogP contribution is 2.20. The van der Waals surface area contributed by atoms with Crippen molar-refractivity contribution < 1.29 is 4.79 Å². The Hall–Kier alpha value is -1.36. The van der Waals surface area contributed by atoms with E-state index >= 15 is 0 Å². The van der Waals surface area contributed by atoms with Gasteiger partial charge in [-0.15, -0.1) is 11.3 Å². The zero-order valence-corrected chi connectivity index (χ0v) is 12.1. The van der Waals surface area contributed by atoms with Crippen LogP contribution in [0.2, 0.25) is 5.02 Å². The molecule has 0 aliphatic heterocycles. The van der Waals surface area contributed by atoms with E-state index in [0.717, 1.165) is 0 Å². The molecule has 0 unspecified atom stereocenters. The summed E-state index contributed by atoms with van der Waals surface area (Å²) in [6.07, 6.45) is 0. The summed E-state index contributed by atoms with van der Waals surface area (Å²) in [6.45, 7) is 2.29. The van der Waals surface area contributed by atoms with Crippen LogP contribution in [0.15, 0.2) is 41.8 Å². The number of amides is 1. The van der Waals surface area contributed by atoms with Crippen LogP contribution >= 0.6 is 22.9 Å². The van der Waals surface area contributed by atoms with Crippen molar-refractivity contribution in [2.24, 2.45) is 0 Å². The van der Waals surface area contributed by atoms with Crippen LogP contribution in [0.1, 0.15) is 17.8 Å². The SMILES string of the molecule is C[C@@H](NCC(=O)Nc1ccccc1Cl)c1cccs1. The first kappa shape index (κ1) is 14.1. The van der Waals surface area contributed by atoms with Crippen molar-refractivity contribution in [3.8, 4) is 0 Å². The van der Waals surface area contributed by atoms with Crippen LogP contribution in [0, 0.1) is 0 Å². The Morgan fingerprint density at radius 3 is 2.79 bits per heavy atom. The van der Waals surface area contributed by atoms with Crippen molar-refractivity contribution in [1.29, 1.82) is 0 Å². The van der Waals surface area contributed by atoms with Crippen molar-refractivity contribution in [3.05, 3.63) is 51.7 Å². The molecule has 0 spiro atoms. The first-order chi connectivity index (χ1) is 9.16. The van der Waals surface area contributed by atoms with Crippen LogP contribution in [0.4, 0.5) is 5.69 Å². The molecular weight excluding hydrogens is 280 g/mol. The zero-order chi connectivity index (χ0) is 13.7. The van der Waals surface area contributed by atoms with Gasteiger partial charge in [0.05, 0.1) is 17.3 Å². The van der Waals surface area contributed by atoms with Crippen LogP contribution < -0.4 is 10.6 Å². The van der Waals surface area contributed by atoms with E-state index in [9.17, 15) is 4.79 Å². The number of carbonyl (C=O) groups excluding carboxylic acids is 1. The summed E-state index contributed by atoms with van der Waals surface area (Å²) >= 11 is 7.65. The molecule has 3 nitrogen and oxygen atoms in total. The predicted octanol–water partition coefficient (Wildman–Crippen LogP) is 3.69. The molecule has 0 aliphatic rings. The highest BCUT2D eigenvalue weighted by atomic mass is 35.5. The Labute approximate surface area is 121 Å². The van der Waals surface area contributed by atoms with Gasteiger partial charge in [-0.2, -0.15) is 0 Å². The lowest BCUT2D eigenvalue weighted by molar-refractivity contribution is -0.115. The van der Waals surface area contributed by atoms with Crippen molar-refractivity contribution in [1.82, 2.24) is 5.32 Å². The third-order valence-electron chi connectivity index (χ3n) is 2.69. The fourth-order valence-corrected chi connectivity index (χ4v) is 2.58. The minimum atomic E-state index is -0.100. The Morgan fingerprint density at radius 2 is 2.11 bits per heavy atom. The third-order valence-corrected chi connectivity index (χ3v) is 4.07. The van der Waals surface area contributed by atoms with Crippen LogP contribution in [0.5, 0.6) is 0 Å². The van der Waals surface area contributed by atoms with E-state index < -0.39 is 0 Å². The van der Waals surface area contributed by atoms with Crippen molar-refractivity contribution in [3.63, 3.8) is 0 Å². The fourth-order valence-electron chi connectivity index (χ4n) is 1.64. The molecule has 100 valence electrons. The molecule has 5 heteroatoms.